The second kappa shape index (κ2) is 5.85. The number of aromatic nitrogens is 2. The number of aryl methyl sites for hydroxylation is 2. The van der Waals surface area contributed by atoms with Gasteiger partial charge in [-0.1, -0.05) is 0 Å². The predicted octanol–water partition coefficient (Wildman–Crippen LogP) is 2.08. The summed E-state index contributed by atoms with van der Waals surface area (Å²) in [6, 6.07) is 0.586. The van der Waals surface area contributed by atoms with E-state index >= 15 is 0 Å². The van der Waals surface area contributed by atoms with E-state index in [2.05, 4.69) is 24.3 Å². The highest BCUT2D eigenvalue weighted by Crippen LogP contribution is 2.21. The molecule has 0 unspecified atom stereocenters. The molecule has 1 aromatic rings. The maximum Gasteiger partial charge on any atom is 0.0641 e. The van der Waals surface area contributed by atoms with E-state index in [1.807, 2.05) is 18.8 Å². The van der Waals surface area contributed by atoms with Crippen molar-refractivity contribution in [2.45, 2.75) is 58.2 Å². The van der Waals surface area contributed by atoms with Gasteiger partial charge in [0.15, 0.2) is 0 Å². The molecule has 1 aliphatic carbocycles. The van der Waals surface area contributed by atoms with Crippen LogP contribution in [0.4, 0.5) is 0 Å². The monoisotopic (exact) mass is 251 g/mol. The molecule has 1 heterocycles. The van der Waals surface area contributed by atoms with Crippen molar-refractivity contribution >= 4 is 0 Å². The van der Waals surface area contributed by atoms with E-state index in [0.717, 1.165) is 18.7 Å². The van der Waals surface area contributed by atoms with E-state index in [9.17, 15) is 0 Å². The number of hydrogen-bond donors (Lipinski definition) is 1. The third-order valence-electron chi connectivity index (χ3n) is 4.19. The van der Waals surface area contributed by atoms with Crippen molar-refractivity contribution in [2.24, 2.45) is 7.05 Å². The molecule has 2 atom stereocenters. The van der Waals surface area contributed by atoms with Crippen LogP contribution in [0.15, 0.2) is 0 Å². The fourth-order valence-corrected chi connectivity index (χ4v) is 2.86. The molecule has 102 valence electrons. The van der Waals surface area contributed by atoms with Crippen molar-refractivity contribution < 1.29 is 4.74 Å². The van der Waals surface area contributed by atoms with Crippen LogP contribution in [0.5, 0.6) is 0 Å². The highest BCUT2D eigenvalue weighted by atomic mass is 16.5. The summed E-state index contributed by atoms with van der Waals surface area (Å²) < 4.78 is 7.43. The second-order valence-corrected chi connectivity index (χ2v) is 5.38. The lowest BCUT2D eigenvalue weighted by Crippen LogP contribution is -2.36. The normalized spacial score (nSPS) is 24.4. The average molecular weight is 251 g/mol. The first-order valence-corrected chi connectivity index (χ1v) is 6.87. The molecule has 0 radical (unpaired) electrons. The zero-order valence-electron chi connectivity index (χ0n) is 12.0. The Labute approximate surface area is 110 Å². The van der Waals surface area contributed by atoms with Gasteiger partial charge < -0.3 is 10.1 Å². The van der Waals surface area contributed by atoms with Gasteiger partial charge in [0.25, 0.3) is 0 Å². The lowest BCUT2D eigenvalue weighted by Gasteiger charge is -2.29. The van der Waals surface area contributed by atoms with Crippen LogP contribution in [0, 0.1) is 13.8 Å². The topological polar surface area (TPSA) is 39.1 Å². The third kappa shape index (κ3) is 2.93. The highest BCUT2D eigenvalue weighted by Gasteiger charge is 2.21. The second-order valence-electron chi connectivity index (χ2n) is 5.38. The fourth-order valence-electron chi connectivity index (χ4n) is 2.86. The third-order valence-corrected chi connectivity index (χ3v) is 4.19. The van der Waals surface area contributed by atoms with Crippen LogP contribution in [-0.4, -0.2) is 29.0 Å². The highest BCUT2D eigenvalue weighted by molar-refractivity contribution is 5.24. The van der Waals surface area contributed by atoms with E-state index < -0.39 is 0 Å². The quantitative estimate of drug-likeness (QED) is 0.890. The number of rotatable bonds is 4. The first-order chi connectivity index (χ1) is 8.61. The average Bonchev–Trinajstić information content (AvgIpc) is 2.61. The fraction of sp³-hybridized carbons (Fsp3) is 0.786. The molecule has 4 heteroatoms. The van der Waals surface area contributed by atoms with Crippen molar-refractivity contribution in [2.75, 3.05) is 7.11 Å². The van der Waals surface area contributed by atoms with Gasteiger partial charge in [-0.15, -0.1) is 0 Å². The number of hydrogen-bond acceptors (Lipinski definition) is 3. The summed E-state index contributed by atoms with van der Waals surface area (Å²) in [4.78, 5) is 0. The molecule has 1 aliphatic rings. The smallest absolute Gasteiger partial charge is 0.0641 e. The minimum atomic E-state index is 0.437. The van der Waals surface area contributed by atoms with E-state index in [1.165, 1.54) is 30.5 Å². The molecule has 4 nitrogen and oxygen atoms in total. The maximum atomic E-state index is 5.47. The molecular formula is C14H25N3O. The molecular weight excluding hydrogens is 226 g/mol. The maximum absolute atomic E-state index is 5.47. The molecule has 0 bridgehead atoms. The minimum absolute atomic E-state index is 0.437. The molecule has 0 aliphatic heterocycles. The lowest BCUT2D eigenvalue weighted by molar-refractivity contribution is 0.0586. The molecule has 0 amide bonds. The standard InChI is InChI=1S/C14H25N3O/c1-10-14(11(2)17(3)16-10)9-15-12-6-5-7-13(8-12)18-4/h12-13,15H,5-9H2,1-4H3/t12-,13-/m1/s1. The Morgan fingerprint density at radius 2 is 2.17 bits per heavy atom. The summed E-state index contributed by atoms with van der Waals surface area (Å²) in [6.07, 6.45) is 5.31. The molecule has 1 aromatic heterocycles. The van der Waals surface area contributed by atoms with Crippen LogP contribution in [-0.2, 0) is 18.3 Å². The number of methoxy groups -OCH3 is 1. The molecule has 1 N–H and O–H groups in total. The van der Waals surface area contributed by atoms with Gasteiger partial charge in [-0.2, -0.15) is 5.10 Å². The number of nitrogens with zero attached hydrogens (tertiary/aromatic N) is 2. The van der Waals surface area contributed by atoms with Crippen LogP contribution in [0.2, 0.25) is 0 Å². The van der Waals surface area contributed by atoms with Crippen molar-refractivity contribution in [3.05, 3.63) is 17.0 Å². The first-order valence-electron chi connectivity index (χ1n) is 6.87. The van der Waals surface area contributed by atoms with Crippen molar-refractivity contribution in [1.82, 2.24) is 15.1 Å². The molecule has 0 aromatic carbocycles. The Morgan fingerprint density at radius 3 is 2.78 bits per heavy atom. The van der Waals surface area contributed by atoms with Gasteiger partial charge >= 0.3 is 0 Å². The zero-order chi connectivity index (χ0) is 13.1. The Bertz CT molecular complexity index is 400. The largest absolute Gasteiger partial charge is 0.381 e. The summed E-state index contributed by atoms with van der Waals surface area (Å²) >= 11 is 0. The van der Waals surface area contributed by atoms with Gasteiger partial charge in [0.1, 0.15) is 0 Å². The van der Waals surface area contributed by atoms with Crippen LogP contribution >= 0.6 is 0 Å². The van der Waals surface area contributed by atoms with Gasteiger partial charge in [0.05, 0.1) is 11.8 Å². The SMILES string of the molecule is CO[C@@H]1CCC[C@@H](NCc2c(C)nn(C)c2C)C1. The molecule has 0 saturated heterocycles. The van der Waals surface area contributed by atoms with E-state index in [0.29, 0.717) is 12.1 Å². The summed E-state index contributed by atoms with van der Waals surface area (Å²) in [5.74, 6) is 0. The Hall–Kier alpha value is -0.870. The zero-order valence-corrected chi connectivity index (χ0v) is 12.0. The first kappa shape index (κ1) is 13.6. The predicted molar refractivity (Wildman–Crippen MR) is 72.6 cm³/mol. The van der Waals surface area contributed by atoms with Gasteiger partial charge in [-0.3, -0.25) is 4.68 Å². The van der Waals surface area contributed by atoms with Crippen molar-refractivity contribution in [1.29, 1.82) is 0 Å². The van der Waals surface area contributed by atoms with Crippen molar-refractivity contribution in [3.63, 3.8) is 0 Å². The summed E-state index contributed by atoms with van der Waals surface area (Å²) in [5.41, 5.74) is 3.75. The van der Waals surface area contributed by atoms with Crippen LogP contribution < -0.4 is 5.32 Å². The van der Waals surface area contributed by atoms with Crippen LogP contribution in [0.1, 0.15) is 42.6 Å². The van der Waals surface area contributed by atoms with Gasteiger partial charge in [0, 0.05) is 38.0 Å². The Kier molecular flexibility index (Phi) is 4.40. The lowest BCUT2D eigenvalue weighted by atomic mass is 9.92. The van der Waals surface area contributed by atoms with Gasteiger partial charge in [-0.05, 0) is 39.5 Å². The van der Waals surface area contributed by atoms with Crippen molar-refractivity contribution in [3.8, 4) is 0 Å². The van der Waals surface area contributed by atoms with E-state index in [4.69, 9.17) is 4.74 Å². The number of nitrogens with one attached hydrogen (secondary N) is 1. The minimum Gasteiger partial charge on any atom is -0.381 e. The summed E-state index contributed by atoms with van der Waals surface area (Å²) in [5, 5.41) is 8.12. The molecule has 0 spiro atoms. The van der Waals surface area contributed by atoms with Gasteiger partial charge in [-0.25, -0.2) is 0 Å². The summed E-state index contributed by atoms with van der Waals surface area (Å²) in [6.45, 7) is 5.14. The van der Waals surface area contributed by atoms with Crippen LogP contribution in [0.25, 0.3) is 0 Å². The number of ether oxygens (including phenoxy) is 1. The molecule has 1 fully saturated rings. The Balaban J connectivity index is 1.91. The molecule has 18 heavy (non-hydrogen) atoms. The van der Waals surface area contributed by atoms with E-state index in [-0.39, 0.29) is 0 Å². The van der Waals surface area contributed by atoms with Gasteiger partial charge in [0.2, 0.25) is 0 Å². The Morgan fingerprint density at radius 1 is 1.39 bits per heavy atom. The summed E-state index contributed by atoms with van der Waals surface area (Å²) in [7, 11) is 3.83. The van der Waals surface area contributed by atoms with Crippen LogP contribution in [0.3, 0.4) is 0 Å². The van der Waals surface area contributed by atoms with E-state index in [1.54, 1.807) is 0 Å². The molecule has 2 rings (SSSR count). The molecule has 1 saturated carbocycles.